The highest BCUT2D eigenvalue weighted by atomic mass is 14.9. The number of anilines is 1. The molecule has 108 valence electrons. The summed E-state index contributed by atoms with van der Waals surface area (Å²) in [6.07, 6.45) is 9.08. The first-order valence-electron chi connectivity index (χ1n) is 8.26. The largest absolute Gasteiger partial charge is 0.399 e. The van der Waals surface area contributed by atoms with Gasteiger partial charge in [0.1, 0.15) is 0 Å². The maximum atomic E-state index is 5.85. The number of benzene rings is 1. The van der Waals surface area contributed by atoms with Gasteiger partial charge >= 0.3 is 0 Å². The third-order valence-corrected chi connectivity index (χ3v) is 5.95. The van der Waals surface area contributed by atoms with Gasteiger partial charge in [0.15, 0.2) is 0 Å². The lowest BCUT2D eigenvalue weighted by molar-refractivity contribution is -0.0514. The zero-order valence-electron chi connectivity index (χ0n) is 12.3. The van der Waals surface area contributed by atoms with Gasteiger partial charge in [-0.2, -0.15) is 0 Å². The van der Waals surface area contributed by atoms with E-state index >= 15 is 0 Å². The second-order valence-corrected chi connectivity index (χ2v) is 7.77. The number of rotatable bonds is 4. The fraction of sp³-hybridized carbons (Fsp3) is 0.667. The molecule has 0 spiro atoms. The fourth-order valence-electron chi connectivity index (χ4n) is 5.68. The summed E-state index contributed by atoms with van der Waals surface area (Å²) in [5.74, 6) is 3.15. The molecule has 0 amide bonds. The SMILES string of the molecule is Nc1cccc(CNCC23CC4CC(CC(C4)C2)C3)c1. The third-order valence-electron chi connectivity index (χ3n) is 5.95. The Kier molecular flexibility index (Phi) is 3.03. The number of nitrogens with two attached hydrogens (primary N) is 1. The molecule has 0 radical (unpaired) electrons. The first kappa shape index (κ1) is 12.7. The lowest BCUT2D eigenvalue weighted by Crippen LogP contribution is -2.50. The van der Waals surface area contributed by atoms with E-state index in [1.54, 1.807) is 0 Å². The Balaban J connectivity index is 1.37. The average molecular weight is 270 g/mol. The molecular formula is C18H26N2. The molecule has 4 aliphatic rings. The van der Waals surface area contributed by atoms with Crippen molar-refractivity contribution < 1.29 is 0 Å². The summed E-state index contributed by atoms with van der Waals surface area (Å²) in [4.78, 5) is 0. The summed E-state index contributed by atoms with van der Waals surface area (Å²) in [5, 5.41) is 3.73. The van der Waals surface area contributed by atoms with Crippen molar-refractivity contribution in [3.8, 4) is 0 Å². The fourth-order valence-corrected chi connectivity index (χ4v) is 5.68. The standard InChI is InChI=1S/C18H26N2/c19-17-3-1-2-13(7-17)11-20-12-18-8-14-4-15(9-18)6-16(5-14)10-18/h1-3,7,14-16,20H,4-6,8-12,19H2. The summed E-state index contributed by atoms with van der Waals surface area (Å²) >= 11 is 0. The van der Waals surface area contributed by atoms with Gasteiger partial charge in [0.2, 0.25) is 0 Å². The normalized spacial score (nSPS) is 38.3. The molecule has 4 aliphatic carbocycles. The molecule has 4 fully saturated rings. The molecule has 0 saturated heterocycles. The number of hydrogen-bond acceptors (Lipinski definition) is 2. The number of nitrogen functional groups attached to an aromatic ring is 1. The quantitative estimate of drug-likeness (QED) is 0.821. The Morgan fingerprint density at radius 1 is 1.05 bits per heavy atom. The molecule has 5 rings (SSSR count). The molecule has 0 atom stereocenters. The van der Waals surface area contributed by atoms with E-state index in [2.05, 4.69) is 23.5 Å². The van der Waals surface area contributed by atoms with E-state index in [1.807, 2.05) is 6.07 Å². The van der Waals surface area contributed by atoms with Gasteiger partial charge in [-0.1, -0.05) is 12.1 Å². The maximum absolute atomic E-state index is 5.85. The first-order valence-corrected chi connectivity index (χ1v) is 8.26. The molecule has 0 unspecified atom stereocenters. The highest BCUT2D eigenvalue weighted by molar-refractivity contribution is 5.40. The van der Waals surface area contributed by atoms with E-state index < -0.39 is 0 Å². The molecule has 4 saturated carbocycles. The van der Waals surface area contributed by atoms with Gasteiger partial charge in [-0.15, -0.1) is 0 Å². The molecule has 1 aromatic carbocycles. The van der Waals surface area contributed by atoms with Crippen LogP contribution in [0.3, 0.4) is 0 Å². The van der Waals surface area contributed by atoms with Gasteiger partial charge in [0.05, 0.1) is 0 Å². The van der Waals surface area contributed by atoms with Crippen LogP contribution >= 0.6 is 0 Å². The van der Waals surface area contributed by atoms with E-state index in [9.17, 15) is 0 Å². The molecule has 3 N–H and O–H groups in total. The monoisotopic (exact) mass is 270 g/mol. The minimum absolute atomic E-state index is 0.634. The van der Waals surface area contributed by atoms with Crippen LogP contribution in [0.1, 0.15) is 44.1 Å². The molecule has 0 heterocycles. The van der Waals surface area contributed by atoms with Crippen molar-refractivity contribution in [1.82, 2.24) is 5.32 Å². The van der Waals surface area contributed by atoms with Gasteiger partial charge in [-0.3, -0.25) is 0 Å². The Morgan fingerprint density at radius 3 is 2.30 bits per heavy atom. The second-order valence-electron chi connectivity index (χ2n) is 7.77. The van der Waals surface area contributed by atoms with Crippen LogP contribution in [0, 0.1) is 23.2 Å². The van der Waals surface area contributed by atoms with Gasteiger partial charge in [-0.25, -0.2) is 0 Å². The van der Waals surface area contributed by atoms with Crippen molar-refractivity contribution in [1.29, 1.82) is 0 Å². The number of nitrogens with one attached hydrogen (secondary N) is 1. The van der Waals surface area contributed by atoms with E-state index in [-0.39, 0.29) is 0 Å². The summed E-state index contributed by atoms with van der Waals surface area (Å²) in [6.45, 7) is 2.18. The second kappa shape index (κ2) is 4.77. The van der Waals surface area contributed by atoms with E-state index in [1.165, 1.54) is 50.6 Å². The molecule has 20 heavy (non-hydrogen) atoms. The number of hydrogen-bond donors (Lipinski definition) is 2. The van der Waals surface area contributed by atoms with Crippen molar-refractivity contribution in [3.63, 3.8) is 0 Å². The Bertz CT molecular complexity index is 459. The Hall–Kier alpha value is -1.02. The lowest BCUT2D eigenvalue weighted by atomic mass is 9.49. The zero-order chi connectivity index (χ0) is 13.6. The molecule has 2 heteroatoms. The van der Waals surface area contributed by atoms with Crippen LogP contribution in [-0.2, 0) is 6.54 Å². The third kappa shape index (κ3) is 2.35. The zero-order valence-corrected chi connectivity index (χ0v) is 12.3. The van der Waals surface area contributed by atoms with E-state index in [0.29, 0.717) is 5.41 Å². The first-order chi connectivity index (χ1) is 9.71. The molecule has 2 nitrogen and oxygen atoms in total. The predicted molar refractivity (Wildman–Crippen MR) is 83.2 cm³/mol. The van der Waals surface area contributed by atoms with E-state index in [0.717, 1.165) is 30.0 Å². The molecule has 0 aromatic heterocycles. The molecule has 1 aromatic rings. The Labute approximate surface area is 122 Å². The van der Waals surface area contributed by atoms with Crippen LogP contribution in [-0.4, -0.2) is 6.54 Å². The maximum Gasteiger partial charge on any atom is 0.0317 e. The highest BCUT2D eigenvalue weighted by Crippen LogP contribution is 2.59. The summed E-state index contributed by atoms with van der Waals surface area (Å²) in [6, 6.07) is 8.27. The van der Waals surface area contributed by atoms with Crippen LogP contribution in [0.2, 0.25) is 0 Å². The van der Waals surface area contributed by atoms with Gasteiger partial charge in [0, 0.05) is 18.8 Å². The lowest BCUT2D eigenvalue weighted by Gasteiger charge is -2.57. The van der Waals surface area contributed by atoms with Crippen molar-refractivity contribution >= 4 is 5.69 Å². The van der Waals surface area contributed by atoms with Crippen LogP contribution in [0.4, 0.5) is 5.69 Å². The van der Waals surface area contributed by atoms with Crippen LogP contribution in [0.15, 0.2) is 24.3 Å². The predicted octanol–water partition coefficient (Wildman–Crippen LogP) is 3.57. The van der Waals surface area contributed by atoms with Crippen LogP contribution < -0.4 is 11.1 Å². The van der Waals surface area contributed by atoms with Crippen molar-refractivity contribution in [2.45, 2.75) is 45.1 Å². The highest BCUT2D eigenvalue weighted by Gasteiger charge is 2.50. The van der Waals surface area contributed by atoms with Crippen molar-refractivity contribution in [2.75, 3.05) is 12.3 Å². The van der Waals surface area contributed by atoms with Gasteiger partial charge in [0.25, 0.3) is 0 Å². The minimum atomic E-state index is 0.634. The topological polar surface area (TPSA) is 38.0 Å². The molecular weight excluding hydrogens is 244 g/mol. The summed E-state index contributed by atoms with van der Waals surface area (Å²) in [5.41, 5.74) is 8.67. The van der Waals surface area contributed by atoms with Gasteiger partial charge < -0.3 is 11.1 Å². The van der Waals surface area contributed by atoms with Crippen LogP contribution in [0.25, 0.3) is 0 Å². The minimum Gasteiger partial charge on any atom is -0.399 e. The molecule has 0 aliphatic heterocycles. The van der Waals surface area contributed by atoms with Gasteiger partial charge in [-0.05, 0) is 79.4 Å². The average Bonchev–Trinajstić information content (AvgIpc) is 2.36. The summed E-state index contributed by atoms with van der Waals surface area (Å²) < 4.78 is 0. The Morgan fingerprint density at radius 2 is 1.70 bits per heavy atom. The van der Waals surface area contributed by atoms with E-state index in [4.69, 9.17) is 5.73 Å². The van der Waals surface area contributed by atoms with Crippen LogP contribution in [0.5, 0.6) is 0 Å². The summed E-state index contributed by atoms with van der Waals surface area (Å²) in [7, 11) is 0. The van der Waals surface area contributed by atoms with Crippen molar-refractivity contribution in [2.24, 2.45) is 23.2 Å². The smallest absolute Gasteiger partial charge is 0.0317 e. The molecule has 4 bridgehead atoms. The van der Waals surface area contributed by atoms with Crippen molar-refractivity contribution in [3.05, 3.63) is 29.8 Å².